The number of alkyl carbamates (subject to hydrolysis) is 1. The standard InChI is InChI=1S/C11H20N2O4/c1-7(14)6-12-8(2)9(15)13-10(16)17-11(3,4)5/h8,12H,6H2,1-5H3,(H,13,15,16)/t8-/m1/s1. The highest BCUT2D eigenvalue weighted by atomic mass is 16.6. The number of nitrogens with one attached hydrogen (secondary N) is 2. The molecule has 0 saturated heterocycles. The van der Waals surface area contributed by atoms with Crippen molar-refractivity contribution in [3.05, 3.63) is 0 Å². The molecular weight excluding hydrogens is 224 g/mol. The van der Waals surface area contributed by atoms with Gasteiger partial charge in [-0.2, -0.15) is 0 Å². The van der Waals surface area contributed by atoms with E-state index >= 15 is 0 Å². The second kappa shape index (κ2) is 6.34. The zero-order chi connectivity index (χ0) is 13.6. The van der Waals surface area contributed by atoms with Crippen molar-refractivity contribution in [2.24, 2.45) is 0 Å². The minimum absolute atomic E-state index is 0.0816. The lowest BCUT2D eigenvalue weighted by molar-refractivity contribution is -0.122. The lowest BCUT2D eigenvalue weighted by atomic mass is 10.2. The van der Waals surface area contributed by atoms with Gasteiger partial charge in [-0.15, -0.1) is 0 Å². The molecule has 2 N–H and O–H groups in total. The number of ketones is 1. The molecule has 0 aliphatic rings. The van der Waals surface area contributed by atoms with Crippen molar-refractivity contribution in [2.45, 2.75) is 46.3 Å². The Morgan fingerprint density at radius 3 is 2.18 bits per heavy atom. The van der Waals surface area contributed by atoms with E-state index < -0.39 is 23.6 Å². The van der Waals surface area contributed by atoms with Crippen LogP contribution < -0.4 is 10.6 Å². The molecule has 6 heteroatoms. The normalized spacial score (nSPS) is 12.8. The van der Waals surface area contributed by atoms with Gasteiger partial charge in [0.2, 0.25) is 5.91 Å². The zero-order valence-corrected chi connectivity index (χ0v) is 10.9. The summed E-state index contributed by atoms with van der Waals surface area (Å²) in [5.41, 5.74) is -0.652. The van der Waals surface area contributed by atoms with Crippen molar-refractivity contribution in [1.29, 1.82) is 0 Å². The van der Waals surface area contributed by atoms with E-state index in [2.05, 4.69) is 10.6 Å². The summed E-state index contributed by atoms with van der Waals surface area (Å²) >= 11 is 0. The van der Waals surface area contributed by atoms with Crippen LogP contribution in [-0.2, 0) is 14.3 Å². The van der Waals surface area contributed by atoms with Crippen LogP contribution in [0.2, 0.25) is 0 Å². The minimum Gasteiger partial charge on any atom is -0.444 e. The number of imide groups is 1. The molecule has 0 radical (unpaired) electrons. The maximum Gasteiger partial charge on any atom is 0.414 e. The minimum atomic E-state index is -0.793. The average Bonchev–Trinajstić information content (AvgIpc) is 2.10. The van der Waals surface area contributed by atoms with Crippen LogP contribution in [-0.4, -0.2) is 36.0 Å². The van der Waals surface area contributed by atoms with Gasteiger partial charge in [0.15, 0.2) is 0 Å². The summed E-state index contributed by atoms with van der Waals surface area (Å²) in [6.45, 7) is 8.16. The van der Waals surface area contributed by atoms with E-state index in [1.54, 1.807) is 27.7 Å². The van der Waals surface area contributed by atoms with Gasteiger partial charge in [0.05, 0.1) is 12.6 Å². The Balaban J connectivity index is 4.08. The fourth-order valence-electron chi connectivity index (χ4n) is 0.902. The second-order valence-electron chi connectivity index (χ2n) is 4.80. The molecule has 0 rings (SSSR count). The Labute approximate surface area is 101 Å². The number of hydrogen-bond acceptors (Lipinski definition) is 5. The number of hydrogen-bond donors (Lipinski definition) is 2. The zero-order valence-electron chi connectivity index (χ0n) is 10.9. The molecule has 98 valence electrons. The number of Topliss-reactive ketones (excluding diaryl/α,β-unsaturated/α-hetero) is 1. The van der Waals surface area contributed by atoms with Gasteiger partial charge < -0.3 is 4.74 Å². The molecular formula is C11H20N2O4. The molecule has 0 aromatic carbocycles. The Morgan fingerprint density at radius 2 is 1.76 bits per heavy atom. The monoisotopic (exact) mass is 244 g/mol. The number of carbonyl (C=O) groups excluding carboxylic acids is 3. The molecule has 0 aromatic rings. The van der Waals surface area contributed by atoms with Crippen LogP contribution in [0.25, 0.3) is 0 Å². The summed E-state index contributed by atoms with van der Waals surface area (Å²) in [5, 5.41) is 4.77. The van der Waals surface area contributed by atoms with Crippen LogP contribution in [0.3, 0.4) is 0 Å². The van der Waals surface area contributed by atoms with Gasteiger partial charge in [-0.05, 0) is 34.6 Å². The van der Waals surface area contributed by atoms with E-state index in [0.717, 1.165) is 0 Å². The summed E-state index contributed by atoms with van der Waals surface area (Å²) in [6.07, 6.45) is -0.793. The summed E-state index contributed by atoms with van der Waals surface area (Å²) in [4.78, 5) is 33.4. The van der Waals surface area contributed by atoms with Crippen LogP contribution in [0.4, 0.5) is 4.79 Å². The van der Waals surface area contributed by atoms with Gasteiger partial charge in [0.25, 0.3) is 0 Å². The Kier molecular flexibility index (Phi) is 5.81. The third-order valence-electron chi connectivity index (χ3n) is 1.67. The van der Waals surface area contributed by atoms with Crippen LogP contribution in [0, 0.1) is 0 Å². The Bertz CT molecular complexity index is 307. The molecule has 6 nitrogen and oxygen atoms in total. The third-order valence-corrected chi connectivity index (χ3v) is 1.67. The first-order valence-corrected chi connectivity index (χ1v) is 5.38. The van der Waals surface area contributed by atoms with E-state index in [0.29, 0.717) is 0 Å². The molecule has 2 amide bonds. The molecule has 0 unspecified atom stereocenters. The molecule has 0 aromatic heterocycles. The first-order chi connectivity index (χ1) is 7.61. The Morgan fingerprint density at radius 1 is 1.24 bits per heavy atom. The lowest BCUT2D eigenvalue weighted by Crippen LogP contribution is -2.47. The smallest absolute Gasteiger partial charge is 0.414 e. The van der Waals surface area contributed by atoms with Crippen molar-refractivity contribution < 1.29 is 19.1 Å². The van der Waals surface area contributed by atoms with Crippen LogP contribution in [0.15, 0.2) is 0 Å². The summed E-state index contributed by atoms with van der Waals surface area (Å²) in [5.74, 6) is -0.609. The van der Waals surface area contributed by atoms with Gasteiger partial charge in [0.1, 0.15) is 11.4 Å². The van der Waals surface area contributed by atoms with Gasteiger partial charge >= 0.3 is 6.09 Å². The van der Waals surface area contributed by atoms with E-state index in [4.69, 9.17) is 4.74 Å². The largest absolute Gasteiger partial charge is 0.444 e. The van der Waals surface area contributed by atoms with E-state index in [1.165, 1.54) is 6.92 Å². The van der Waals surface area contributed by atoms with Crippen molar-refractivity contribution in [3.8, 4) is 0 Å². The topological polar surface area (TPSA) is 84.5 Å². The fourth-order valence-corrected chi connectivity index (χ4v) is 0.902. The van der Waals surface area contributed by atoms with E-state index in [-0.39, 0.29) is 12.3 Å². The maximum atomic E-state index is 11.5. The molecule has 0 aliphatic carbocycles. The molecule has 0 saturated carbocycles. The van der Waals surface area contributed by atoms with E-state index in [1.807, 2.05) is 0 Å². The lowest BCUT2D eigenvalue weighted by Gasteiger charge is -2.20. The molecule has 0 bridgehead atoms. The molecule has 0 fully saturated rings. The van der Waals surface area contributed by atoms with Gasteiger partial charge in [-0.1, -0.05) is 0 Å². The number of carbonyl (C=O) groups is 3. The van der Waals surface area contributed by atoms with E-state index in [9.17, 15) is 14.4 Å². The quantitative estimate of drug-likeness (QED) is 0.756. The predicted octanol–water partition coefficient (Wildman–Crippen LogP) is 0.605. The molecule has 0 heterocycles. The van der Waals surface area contributed by atoms with Gasteiger partial charge in [-0.3, -0.25) is 20.2 Å². The highest BCUT2D eigenvalue weighted by Crippen LogP contribution is 2.06. The third kappa shape index (κ3) is 8.38. The SMILES string of the molecule is CC(=O)CN[C@H](C)C(=O)NC(=O)OC(C)(C)C. The highest BCUT2D eigenvalue weighted by molar-refractivity contribution is 5.95. The average molecular weight is 244 g/mol. The first-order valence-electron chi connectivity index (χ1n) is 5.38. The van der Waals surface area contributed by atoms with Crippen LogP contribution in [0.1, 0.15) is 34.6 Å². The van der Waals surface area contributed by atoms with Crippen molar-refractivity contribution in [2.75, 3.05) is 6.54 Å². The summed E-state index contributed by atoms with van der Waals surface area (Å²) in [7, 11) is 0. The molecule has 1 atom stereocenters. The first kappa shape index (κ1) is 15.6. The van der Waals surface area contributed by atoms with Gasteiger partial charge in [0, 0.05) is 0 Å². The maximum absolute atomic E-state index is 11.5. The van der Waals surface area contributed by atoms with Crippen LogP contribution >= 0.6 is 0 Å². The van der Waals surface area contributed by atoms with Crippen molar-refractivity contribution >= 4 is 17.8 Å². The number of rotatable bonds is 4. The highest BCUT2D eigenvalue weighted by Gasteiger charge is 2.20. The Hall–Kier alpha value is -1.43. The van der Waals surface area contributed by atoms with Gasteiger partial charge in [-0.25, -0.2) is 4.79 Å². The number of ether oxygens (including phenoxy) is 1. The molecule has 0 spiro atoms. The van der Waals surface area contributed by atoms with Crippen LogP contribution in [0.5, 0.6) is 0 Å². The fraction of sp³-hybridized carbons (Fsp3) is 0.727. The number of amides is 2. The van der Waals surface area contributed by atoms with Crippen molar-refractivity contribution in [3.63, 3.8) is 0 Å². The summed E-state index contributed by atoms with van der Waals surface area (Å²) < 4.78 is 4.92. The summed E-state index contributed by atoms with van der Waals surface area (Å²) in [6, 6.07) is -0.633. The van der Waals surface area contributed by atoms with Crippen molar-refractivity contribution in [1.82, 2.24) is 10.6 Å². The second-order valence-corrected chi connectivity index (χ2v) is 4.80. The molecule has 0 aliphatic heterocycles. The predicted molar refractivity (Wildman–Crippen MR) is 62.5 cm³/mol. The molecule has 17 heavy (non-hydrogen) atoms.